The van der Waals surface area contributed by atoms with E-state index in [9.17, 15) is 0 Å². The second-order valence-electron chi connectivity index (χ2n) is 2.79. The van der Waals surface area contributed by atoms with Gasteiger partial charge in [-0.3, -0.25) is 0 Å². The fraction of sp³-hybridized carbons (Fsp3) is 0.100. The Morgan fingerprint density at radius 2 is 2.00 bits per heavy atom. The van der Waals surface area contributed by atoms with E-state index in [-0.39, 0.29) is 6.61 Å². The highest BCUT2D eigenvalue weighted by Crippen LogP contribution is 2.06. The molecule has 0 atom stereocenters. The number of rotatable bonds is 2. The zero-order chi connectivity index (χ0) is 9.10. The van der Waals surface area contributed by atoms with E-state index in [0.29, 0.717) is 0 Å². The van der Waals surface area contributed by atoms with Crippen molar-refractivity contribution in [3.05, 3.63) is 48.3 Å². The molecule has 1 N–H and O–H groups in total. The van der Waals surface area contributed by atoms with Crippen molar-refractivity contribution >= 4 is 0 Å². The average molecular weight is 174 g/mol. The standard InChI is InChI=1S/C10H10N2O/c13-8-9-6-11-12(7-9)10-4-2-1-3-5-10/h1-7,13H,8H2. The maximum Gasteiger partial charge on any atom is 0.0712 e. The minimum absolute atomic E-state index is 0.0346. The molecule has 0 saturated heterocycles. The summed E-state index contributed by atoms with van der Waals surface area (Å²) in [5.74, 6) is 0. The minimum atomic E-state index is 0.0346. The van der Waals surface area contributed by atoms with Gasteiger partial charge in [0.1, 0.15) is 0 Å². The average Bonchev–Trinajstić information content (AvgIpc) is 2.67. The Hall–Kier alpha value is -1.61. The Bertz CT molecular complexity index is 381. The predicted octanol–water partition coefficient (Wildman–Crippen LogP) is 1.36. The molecule has 0 aliphatic rings. The summed E-state index contributed by atoms with van der Waals surface area (Å²) in [6.07, 6.45) is 3.47. The largest absolute Gasteiger partial charge is 0.392 e. The third-order valence-electron chi connectivity index (χ3n) is 1.84. The van der Waals surface area contributed by atoms with Crippen LogP contribution < -0.4 is 0 Å². The summed E-state index contributed by atoms with van der Waals surface area (Å²) >= 11 is 0. The van der Waals surface area contributed by atoms with Gasteiger partial charge in [-0.1, -0.05) is 18.2 Å². The summed E-state index contributed by atoms with van der Waals surface area (Å²) in [6.45, 7) is 0.0346. The molecule has 0 radical (unpaired) electrons. The molecule has 2 aromatic rings. The highest BCUT2D eigenvalue weighted by molar-refractivity contribution is 5.30. The number of aliphatic hydroxyl groups excluding tert-OH is 1. The van der Waals surface area contributed by atoms with Crippen molar-refractivity contribution in [1.29, 1.82) is 0 Å². The van der Waals surface area contributed by atoms with Crippen LogP contribution in [0.4, 0.5) is 0 Å². The molecule has 66 valence electrons. The lowest BCUT2D eigenvalue weighted by Gasteiger charge is -1.98. The van der Waals surface area contributed by atoms with Crippen LogP contribution >= 0.6 is 0 Å². The molecule has 0 amide bonds. The van der Waals surface area contributed by atoms with Crippen molar-refractivity contribution in [1.82, 2.24) is 9.78 Å². The van der Waals surface area contributed by atoms with E-state index in [1.165, 1.54) is 0 Å². The van der Waals surface area contributed by atoms with Gasteiger partial charge in [-0.25, -0.2) is 4.68 Å². The summed E-state index contributed by atoms with van der Waals surface area (Å²) < 4.78 is 1.74. The second kappa shape index (κ2) is 3.41. The first-order valence-electron chi connectivity index (χ1n) is 4.10. The van der Waals surface area contributed by atoms with Crippen LogP contribution in [0.1, 0.15) is 5.56 Å². The number of hydrogen-bond donors (Lipinski definition) is 1. The van der Waals surface area contributed by atoms with Crippen LogP contribution in [-0.4, -0.2) is 14.9 Å². The first kappa shape index (κ1) is 8.01. The summed E-state index contributed by atoms with van der Waals surface area (Å²) in [7, 11) is 0. The van der Waals surface area contributed by atoms with Gasteiger partial charge in [0.25, 0.3) is 0 Å². The number of aliphatic hydroxyl groups is 1. The summed E-state index contributed by atoms with van der Waals surface area (Å²) in [4.78, 5) is 0. The molecule has 0 saturated carbocycles. The van der Waals surface area contributed by atoms with Crippen LogP contribution in [0.2, 0.25) is 0 Å². The summed E-state index contributed by atoms with van der Waals surface area (Å²) in [5, 5.41) is 13.0. The Morgan fingerprint density at radius 3 is 2.62 bits per heavy atom. The van der Waals surface area contributed by atoms with E-state index in [4.69, 9.17) is 5.11 Å². The van der Waals surface area contributed by atoms with Gasteiger partial charge in [-0.05, 0) is 12.1 Å². The van der Waals surface area contributed by atoms with Gasteiger partial charge in [0, 0.05) is 11.8 Å². The highest BCUT2D eigenvalue weighted by Gasteiger charge is 1.97. The molecular formula is C10H10N2O. The number of aromatic nitrogens is 2. The lowest BCUT2D eigenvalue weighted by molar-refractivity contribution is 0.282. The van der Waals surface area contributed by atoms with E-state index in [1.807, 2.05) is 36.5 Å². The molecule has 0 aliphatic heterocycles. The van der Waals surface area contributed by atoms with Crippen molar-refractivity contribution in [2.75, 3.05) is 0 Å². The van der Waals surface area contributed by atoms with Gasteiger partial charge in [-0.2, -0.15) is 5.10 Å². The molecule has 0 aliphatic carbocycles. The van der Waals surface area contributed by atoms with E-state index in [1.54, 1.807) is 10.9 Å². The third kappa shape index (κ3) is 1.60. The lowest BCUT2D eigenvalue weighted by Crippen LogP contribution is -1.92. The first-order chi connectivity index (χ1) is 6.40. The molecule has 0 unspecified atom stereocenters. The fourth-order valence-corrected chi connectivity index (χ4v) is 1.16. The van der Waals surface area contributed by atoms with E-state index >= 15 is 0 Å². The van der Waals surface area contributed by atoms with E-state index < -0.39 is 0 Å². The third-order valence-corrected chi connectivity index (χ3v) is 1.84. The molecule has 0 bridgehead atoms. The molecule has 0 fully saturated rings. The van der Waals surface area contributed by atoms with Gasteiger partial charge in [-0.15, -0.1) is 0 Å². The van der Waals surface area contributed by atoms with E-state index in [0.717, 1.165) is 11.3 Å². The van der Waals surface area contributed by atoms with Crippen LogP contribution in [0.25, 0.3) is 5.69 Å². The first-order valence-corrected chi connectivity index (χ1v) is 4.10. The zero-order valence-corrected chi connectivity index (χ0v) is 7.09. The molecule has 1 heterocycles. The number of para-hydroxylation sites is 1. The molecular weight excluding hydrogens is 164 g/mol. The van der Waals surface area contributed by atoms with Gasteiger partial charge in [0.2, 0.25) is 0 Å². The minimum Gasteiger partial charge on any atom is -0.392 e. The van der Waals surface area contributed by atoms with Gasteiger partial charge in [0.15, 0.2) is 0 Å². The number of benzene rings is 1. The second-order valence-corrected chi connectivity index (χ2v) is 2.79. The summed E-state index contributed by atoms with van der Waals surface area (Å²) in [5.41, 5.74) is 1.83. The topological polar surface area (TPSA) is 38.1 Å². The number of hydrogen-bond acceptors (Lipinski definition) is 2. The quantitative estimate of drug-likeness (QED) is 0.746. The van der Waals surface area contributed by atoms with Crippen LogP contribution in [0.5, 0.6) is 0 Å². The van der Waals surface area contributed by atoms with Crippen molar-refractivity contribution in [3.8, 4) is 5.69 Å². The molecule has 3 heteroatoms. The van der Waals surface area contributed by atoms with Crippen LogP contribution in [0, 0.1) is 0 Å². The molecule has 2 rings (SSSR count). The SMILES string of the molecule is OCc1cnn(-c2ccccc2)c1. The Labute approximate surface area is 76.3 Å². The molecule has 1 aromatic heterocycles. The van der Waals surface area contributed by atoms with Gasteiger partial charge < -0.3 is 5.11 Å². The molecule has 1 aromatic carbocycles. The maximum absolute atomic E-state index is 8.84. The highest BCUT2D eigenvalue weighted by atomic mass is 16.3. The Morgan fingerprint density at radius 1 is 1.23 bits per heavy atom. The van der Waals surface area contributed by atoms with E-state index in [2.05, 4.69) is 5.10 Å². The van der Waals surface area contributed by atoms with Crippen molar-refractivity contribution < 1.29 is 5.11 Å². The van der Waals surface area contributed by atoms with Crippen LogP contribution in [0.15, 0.2) is 42.7 Å². The predicted molar refractivity (Wildman–Crippen MR) is 49.5 cm³/mol. The van der Waals surface area contributed by atoms with Crippen molar-refractivity contribution in [2.24, 2.45) is 0 Å². The van der Waals surface area contributed by atoms with Crippen molar-refractivity contribution in [3.63, 3.8) is 0 Å². The van der Waals surface area contributed by atoms with Gasteiger partial charge in [0.05, 0.1) is 18.5 Å². The molecule has 0 spiro atoms. The Kier molecular flexibility index (Phi) is 2.10. The van der Waals surface area contributed by atoms with Crippen molar-refractivity contribution in [2.45, 2.75) is 6.61 Å². The number of nitrogens with zero attached hydrogens (tertiary/aromatic N) is 2. The zero-order valence-electron chi connectivity index (χ0n) is 7.09. The maximum atomic E-state index is 8.84. The smallest absolute Gasteiger partial charge is 0.0712 e. The normalized spacial score (nSPS) is 10.2. The fourth-order valence-electron chi connectivity index (χ4n) is 1.16. The van der Waals surface area contributed by atoms with Crippen LogP contribution in [0.3, 0.4) is 0 Å². The molecule has 13 heavy (non-hydrogen) atoms. The van der Waals surface area contributed by atoms with Crippen LogP contribution in [-0.2, 0) is 6.61 Å². The monoisotopic (exact) mass is 174 g/mol. The van der Waals surface area contributed by atoms with Gasteiger partial charge >= 0.3 is 0 Å². The molecule has 3 nitrogen and oxygen atoms in total. The summed E-state index contributed by atoms with van der Waals surface area (Å²) in [6, 6.07) is 9.80. The lowest BCUT2D eigenvalue weighted by atomic mass is 10.3. The Balaban J connectivity index is 2.36.